The molecule has 9 heavy (non-hydrogen) atoms. The molecule has 0 aromatic rings. The van der Waals surface area contributed by atoms with E-state index < -0.39 is 5.97 Å². The van der Waals surface area contributed by atoms with Crippen LogP contribution >= 0.6 is 0 Å². The third kappa shape index (κ3) is 1.22. The SMILES string of the molecule is NNC1(O)N=CC=NN1. The Labute approximate surface area is 51.4 Å². The Bertz CT molecular complexity index is 154. The second kappa shape index (κ2) is 2.09. The van der Waals surface area contributed by atoms with Gasteiger partial charge in [0.25, 0.3) is 0 Å². The van der Waals surface area contributed by atoms with Crippen molar-refractivity contribution < 1.29 is 5.11 Å². The minimum absolute atomic E-state index is 1.33. The average Bonchev–Trinajstić information content (AvgIpc) is 1.90. The molecular weight excluding hydrogens is 122 g/mol. The van der Waals surface area contributed by atoms with Crippen molar-refractivity contribution in [3.8, 4) is 0 Å². The van der Waals surface area contributed by atoms with Crippen molar-refractivity contribution in [3.05, 3.63) is 0 Å². The standard InChI is InChI=1S/C3H7N5O/c4-7-3(9)5-1-2-6-8-3/h1-2,7-9H,4H2. The van der Waals surface area contributed by atoms with Crippen LogP contribution in [0.5, 0.6) is 0 Å². The fourth-order valence-electron chi connectivity index (χ4n) is 0.400. The van der Waals surface area contributed by atoms with E-state index in [-0.39, 0.29) is 0 Å². The number of hydrogen-bond acceptors (Lipinski definition) is 6. The van der Waals surface area contributed by atoms with Crippen molar-refractivity contribution in [2.75, 3.05) is 0 Å². The largest absolute Gasteiger partial charge is 0.338 e. The summed E-state index contributed by atoms with van der Waals surface area (Å²) >= 11 is 0. The van der Waals surface area contributed by atoms with E-state index in [1.807, 2.05) is 5.43 Å². The zero-order valence-corrected chi connectivity index (χ0v) is 4.57. The molecule has 0 amide bonds. The van der Waals surface area contributed by atoms with Crippen molar-refractivity contribution >= 4 is 12.4 Å². The summed E-state index contributed by atoms with van der Waals surface area (Å²) in [7, 11) is 0. The van der Waals surface area contributed by atoms with Crippen LogP contribution in [0.3, 0.4) is 0 Å². The molecule has 0 radical (unpaired) electrons. The second-order valence-corrected chi connectivity index (χ2v) is 1.48. The van der Waals surface area contributed by atoms with E-state index >= 15 is 0 Å². The molecule has 6 heteroatoms. The van der Waals surface area contributed by atoms with E-state index in [1.54, 1.807) is 0 Å². The number of aliphatic hydroxyl groups is 1. The van der Waals surface area contributed by atoms with Crippen molar-refractivity contribution in [2.45, 2.75) is 5.97 Å². The normalized spacial score (nSPS) is 32.2. The number of nitrogens with one attached hydrogen (secondary N) is 2. The van der Waals surface area contributed by atoms with Gasteiger partial charge >= 0.3 is 5.97 Å². The number of nitrogens with two attached hydrogens (primary N) is 1. The van der Waals surface area contributed by atoms with Crippen molar-refractivity contribution in [3.63, 3.8) is 0 Å². The van der Waals surface area contributed by atoms with E-state index in [2.05, 4.69) is 15.5 Å². The molecule has 1 heterocycles. The van der Waals surface area contributed by atoms with Gasteiger partial charge in [0.05, 0.1) is 6.21 Å². The number of hydrazone groups is 1. The third-order valence-electron chi connectivity index (χ3n) is 0.824. The van der Waals surface area contributed by atoms with Crippen LogP contribution in [0.4, 0.5) is 0 Å². The maximum atomic E-state index is 9.02. The molecule has 50 valence electrons. The van der Waals surface area contributed by atoms with Crippen LogP contribution in [-0.2, 0) is 0 Å². The Morgan fingerprint density at radius 2 is 2.44 bits per heavy atom. The summed E-state index contributed by atoms with van der Waals surface area (Å²) in [6, 6.07) is 0. The molecular formula is C3H7N5O. The zero-order valence-electron chi connectivity index (χ0n) is 4.57. The molecule has 0 aliphatic carbocycles. The van der Waals surface area contributed by atoms with E-state index in [9.17, 15) is 0 Å². The molecule has 0 spiro atoms. The van der Waals surface area contributed by atoms with Crippen LogP contribution in [0.15, 0.2) is 10.1 Å². The molecule has 0 bridgehead atoms. The number of hydrazine groups is 1. The summed E-state index contributed by atoms with van der Waals surface area (Å²) in [6.45, 7) is 0. The van der Waals surface area contributed by atoms with Gasteiger partial charge in [0.2, 0.25) is 0 Å². The van der Waals surface area contributed by atoms with Crippen molar-refractivity contribution in [1.82, 2.24) is 10.9 Å². The molecule has 1 unspecified atom stereocenters. The maximum Gasteiger partial charge on any atom is 0.325 e. The Morgan fingerprint density at radius 3 is 2.78 bits per heavy atom. The first kappa shape index (κ1) is 6.14. The van der Waals surface area contributed by atoms with E-state index in [1.165, 1.54) is 12.4 Å². The van der Waals surface area contributed by atoms with Gasteiger partial charge in [-0.05, 0) is 0 Å². The third-order valence-corrected chi connectivity index (χ3v) is 0.824. The number of hydrogen-bond donors (Lipinski definition) is 4. The molecule has 1 aliphatic rings. The molecule has 1 atom stereocenters. The fourth-order valence-corrected chi connectivity index (χ4v) is 0.400. The lowest BCUT2D eigenvalue weighted by molar-refractivity contribution is -0.0190. The summed E-state index contributed by atoms with van der Waals surface area (Å²) in [5, 5.41) is 12.5. The summed E-state index contributed by atoms with van der Waals surface area (Å²) in [4.78, 5) is 3.51. The Kier molecular flexibility index (Phi) is 1.43. The topological polar surface area (TPSA) is 95.0 Å². The molecule has 6 nitrogen and oxygen atoms in total. The van der Waals surface area contributed by atoms with Crippen LogP contribution in [-0.4, -0.2) is 23.5 Å². The monoisotopic (exact) mass is 129 g/mol. The van der Waals surface area contributed by atoms with Crippen LogP contribution in [0.2, 0.25) is 0 Å². The van der Waals surface area contributed by atoms with Gasteiger partial charge < -0.3 is 5.11 Å². The van der Waals surface area contributed by atoms with Crippen LogP contribution < -0.4 is 16.7 Å². The van der Waals surface area contributed by atoms with Crippen molar-refractivity contribution in [1.29, 1.82) is 0 Å². The summed E-state index contributed by atoms with van der Waals surface area (Å²) in [5.41, 5.74) is 4.25. The lowest BCUT2D eigenvalue weighted by atomic mass is 10.7. The van der Waals surface area contributed by atoms with Gasteiger partial charge in [-0.1, -0.05) is 0 Å². The molecule has 0 aromatic heterocycles. The highest BCUT2D eigenvalue weighted by atomic mass is 16.4. The first-order chi connectivity index (χ1) is 4.27. The molecule has 5 N–H and O–H groups in total. The minimum Gasteiger partial charge on any atom is -0.338 e. The van der Waals surface area contributed by atoms with Crippen LogP contribution in [0.25, 0.3) is 0 Å². The van der Waals surface area contributed by atoms with E-state index in [4.69, 9.17) is 10.9 Å². The van der Waals surface area contributed by atoms with Crippen LogP contribution in [0, 0.1) is 0 Å². The predicted molar refractivity (Wildman–Crippen MR) is 32.4 cm³/mol. The first-order valence-electron chi connectivity index (χ1n) is 2.31. The van der Waals surface area contributed by atoms with Gasteiger partial charge in [-0.2, -0.15) is 10.5 Å². The Morgan fingerprint density at radius 1 is 1.67 bits per heavy atom. The summed E-state index contributed by atoms with van der Waals surface area (Å²) in [5.74, 6) is 3.26. The highest BCUT2D eigenvalue weighted by molar-refractivity contribution is 6.16. The molecule has 0 saturated carbocycles. The Balaban J connectivity index is 2.63. The van der Waals surface area contributed by atoms with Gasteiger partial charge in [0.1, 0.15) is 0 Å². The van der Waals surface area contributed by atoms with Gasteiger partial charge in [0.15, 0.2) is 0 Å². The molecule has 0 fully saturated rings. The number of nitrogens with zero attached hydrogens (tertiary/aromatic N) is 2. The lowest BCUT2D eigenvalue weighted by Gasteiger charge is -2.22. The summed E-state index contributed by atoms with van der Waals surface area (Å²) < 4.78 is 0. The highest BCUT2D eigenvalue weighted by Gasteiger charge is 2.22. The van der Waals surface area contributed by atoms with Gasteiger partial charge in [-0.25, -0.2) is 10.4 Å². The molecule has 0 aromatic carbocycles. The van der Waals surface area contributed by atoms with Crippen LogP contribution in [0.1, 0.15) is 0 Å². The first-order valence-corrected chi connectivity index (χ1v) is 2.31. The summed E-state index contributed by atoms with van der Waals surface area (Å²) in [6.07, 6.45) is 2.72. The average molecular weight is 129 g/mol. The fraction of sp³-hybridized carbons (Fsp3) is 0.333. The van der Waals surface area contributed by atoms with Gasteiger partial charge in [-0.15, -0.1) is 0 Å². The van der Waals surface area contributed by atoms with E-state index in [0.29, 0.717) is 0 Å². The zero-order chi connectivity index (χ0) is 6.74. The number of aliphatic imine (C=N–C) groups is 1. The Hall–Kier alpha value is -0.980. The molecule has 0 saturated heterocycles. The number of rotatable bonds is 1. The lowest BCUT2D eigenvalue weighted by Crippen LogP contribution is -2.57. The molecule has 1 rings (SSSR count). The van der Waals surface area contributed by atoms with Crippen molar-refractivity contribution in [2.24, 2.45) is 15.9 Å². The second-order valence-electron chi connectivity index (χ2n) is 1.48. The molecule has 1 aliphatic heterocycles. The minimum atomic E-state index is -1.63. The highest BCUT2D eigenvalue weighted by Crippen LogP contribution is 1.94. The van der Waals surface area contributed by atoms with Gasteiger partial charge in [0, 0.05) is 6.21 Å². The van der Waals surface area contributed by atoms with Gasteiger partial charge in [-0.3, -0.25) is 5.84 Å². The smallest absolute Gasteiger partial charge is 0.325 e. The maximum absolute atomic E-state index is 9.02. The van der Waals surface area contributed by atoms with E-state index in [0.717, 1.165) is 0 Å². The predicted octanol–water partition coefficient (Wildman–Crippen LogP) is -2.29. The quantitative estimate of drug-likeness (QED) is 0.182.